The van der Waals surface area contributed by atoms with Crippen LogP contribution in [0, 0.1) is 23.7 Å². The van der Waals surface area contributed by atoms with E-state index in [0.717, 1.165) is 51.4 Å². The quantitative estimate of drug-likeness (QED) is 0.672. The smallest absolute Gasteiger partial charge is 0.309 e. The molecule has 2 saturated carbocycles. The first-order valence-electron chi connectivity index (χ1n) is 9.02. The Balaban J connectivity index is 1.98. The molecule has 22 heavy (non-hydrogen) atoms. The molecule has 0 spiro atoms. The number of carbonyl (C=O) groups excluding carboxylic acids is 2. The molecule has 0 saturated heterocycles. The molecule has 0 amide bonds. The van der Waals surface area contributed by atoms with E-state index < -0.39 is 0 Å². The molecule has 0 aliphatic heterocycles. The average Bonchev–Trinajstić information content (AvgIpc) is 3.17. The molecule has 0 bridgehead atoms. The van der Waals surface area contributed by atoms with Gasteiger partial charge in [-0.15, -0.1) is 0 Å². The molecule has 0 aromatic rings. The van der Waals surface area contributed by atoms with Crippen LogP contribution < -0.4 is 0 Å². The highest BCUT2D eigenvalue weighted by atomic mass is 16.5. The fourth-order valence-electron chi connectivity index (χ4n) is 4.21. The number of esters is 2. The summed E-state index contributed by atoms with van der Waals surface area (Å²) in [6.45, 7) is 5.04. The summed E-state index contributed by atoms with van der Waals surface area (Å²) in [5, 5.41) is 0. The van der Waals surface area contributed by atoms with Crippen LogP contribution >= 0.6 is 0 Å². The molecule has 0 radical (unpaired) electrons. The van der Waals surface area contributed by atoms with E-state index in [2.05, 4.69) is 0 Å². The zero-order valence-corrected chi connectivity index (χ0v) is 14.0. The molecule has 0 aromatic heterocycles. The molecule has 4 atom stereocenters. The highest BCUT2D eigenvalue weighted by molar-refractivity contribution is 5.75. The van der Waals surface area contributed by atoms with Gasteiger partial charge in [-0.25, -0.2) is 0 Å². The number of carbonyl (C=O) groups is 2. The van der Waals surface area contributed by atoms with Crippen LogP contribution in [0.1, 0.15) is 65.2 Å². The summed E-state index contributed by atoms with van der Waals surface area (Å²) in [6, 6.07) is 0. The second kappa shape index (κ2) is 8.54. The fourth-order valence-corrected chi connectivity index (χ4v) is 4.21. The summed E-state index contributed by atoms with van der Waals surface area (Å²) in [4.78, 5) is 24.6. The van der Waals surface area contributed by atoms with Gasteiger partial charge in [0.15, 0.2) is 0 Å². The van der Waals surface area contributed by atoms with Crippen molar-refractivity contribution in [3.8, 4) is 0 Å². The Morgan fingerprint density at radius 2 is 1.18 bits per heavy atom. The van der Waals surface area contributed by atoms with Crippen molar-refractivity contribution in [2.24, 2.45) is 23.7 Å². The zero-order chi connectivity index (χ0) is 15.9. The van der Waals surface area contributed by atoms with Gasteiger partial charge in [-0.2, -0.15) is 0 Å². The lowest BCUT2D eigenvalue weighted by atomic mass is 9.78. The van der Waals surface area contributed by atoms with Gasteiger partial charge in [-0.1, -0.05) is 26.7 Å². The van der Waals surface area contributed by atoms with Crippen molar-refractivity contribution in [2.45, 2.75) is 65.2 Å². The lowest BCUT2D eigenvalue weighted by molar-refractivity contribution is -0.155. The Bertz CT molecular complexity index is 343. The van der Waals surface area contributed by atoms with Crippen molar-refractivity contribution in [3.63, 3.8) is 0 Å². The number of rotatable bonds is 7. The van der Waals surface area contributed by atoms with Crippen molar-refractivity contribution in [2.75, 3.05) is 13.2 Å². The molecule has 2 rings (SSSR count). The minimum Gasteiger partial charge on any atom is -0.465 e. The van der Waals surface area contributed by atoms with Crippen LogP contribution in [-0.4, -0.2) is 25.2 Å². The third kappa shape index (κ3) is 4.02. The van der Waals surface area contributed by atoms with Gasteiger partial charge < -0.3 is 9.47 Å². The van der Waals surface area contributed by atoms with Gasteiger partial charge in [0.1, 0.15) is 0 Å². The van der Waals surface area contributed by atoms with Crippen LogP contribution in [0.5, 0.6) is 0 Å². The predicted molar refractivity (Wildman–Crippen MR) is 84.2 cm³/mol. The van der Waals surface area contributed by atoms with E-state index in [-0.39, 0.29) is 23.8 Å². The monoisotopic (exact) mass is 310 g/mol. The minimum absolute atomic E-state index is 0.00359. The van der Waals surface area contributed by atoms with Crippen molar-refractivity contribution >= 4 is 11.9 Å². The third-order valence-corrected chi connectivity index (χ3v) is 5.19. The molecule has 0 N–H and O–H groups in total. The molecule has 2 fully saturated rings. The van der Waals surface area contributed by atoms with E-state index in [4.69, 9.17) is 9.47 Å². The highest BCUT2D eigenvalue weighted by Crippen LogP contribution is 2.47. The van der Waals surface area contributed by atoms with Crippen molar-refractivity contribution in [1.82, 2.24) is 0 Å². The average molecular weight is 310 g/mol. The Hall–Kier alpha value is -1.06. The van der Waals surface area contributed by atoms with E-state index in [1.807, 2.05) is 13.8 Å². The van der Waals surface area contributed by atoms with E-state index in [1.54, 1.807) is 0 Å². The SMILES string of the molecule is CCCOC(=O)C1CCCC1C1CCCC1C(=O)OCCC. The van der Waals surface area contributed by atoms with Crippen LogP contribution in [0.3, 0.4) is 0 Å². The molecule has 0 heterocycles. The molecule has 4 heteroatoms. The standard InChI is InChI=1S/C18H30O4/c1-3-11-21-17(19)15-9-5-7-13(15)14-8-6-10-16(14)18(20)22-12-4-2/h13-16H,3-12H2,1-2H3. The second-order valence-corrected chi connectivity index (χ2v) is 6.74. The first kappa shape index (κ1) is 17.3. The maximum atomic E-state index is 12.3. The highest BCUT2D eigenvalue weighted by Gasteiger charge is 2.46. The number of hydrogen-bond donors (Lipinski definition) is 0. The van der Waals surface area contributed by atoms with Crippen molar-refractivity contribution in [1.29, 1.82) is 0 Å². The van der Waals surface area contributed by atoms with Crippen molar-refractivity contribution < 1.29 is 19.1 Å². The second-order valence-electron chi connectivity index (χ2n) is 6.74. The van der Waals surface area contributed by atoms with Gasteiger partial charge >= 0.3 is 11.9 Å². The maximum Gasteiger partial charge on any atom is 0.309 e. The summed E-state index contributed by atoms with van der Waals surface area (Å²) in [6.07, 6.45) is 7.80. The Labute approximate surface area is 133 Å². The van der Waals surface area contributed by atoms with Gasteiger partial charge in [0.2, 0.25) is 0 Å². The normalized spacial score (nSPS) is 31.2. The number of hydrogen-bond acceptors (Lipinski definition) is 4. The molecule has 126 valence electrons. The van der Waals surface area contributed by atoms with Crippen LogP contribution in [0.15, 0.2) is 0 Å². The molecular weight excluding hydrogens is 280 g/mol. The van der Waals surface area contributed by atoms with Gasteiger partial charge in [-0.05, 0) is 50.4 Å². The zero-order valence-electron chi connectivity index (χ0n) is 14.0. The molecule has 2 aliphatic rings. The Morgan fingerprint density at radius 3 is 1.55 bits per heavy atom. The maximum absolute atomic E-state index is 12.3. The summed E-state index contributed by atoms with van der Waals surface area (Å²) in [5.74, 6) is 0.526. The van der Waals surface area contributed by atoms with Crippen molar-refractivity contribution in [3.05, 3.63) is 0 Å². The van der Waals surface area contributed by atoms with Crippen LogP contribution in [0.25, 0.3) is 0 Å². The summed E-state index contributed by atoms with van der Waals surface area (Å²) in [5.41, 5.74) is 0. The lowest BCUT2D eigenvalue weighted by Gasteiger charge is -2.28. The summed E-state index contributed by atoms with van der Waals surface area (Å²) < 4.78 is 10.7. The van der Waals surface area contributed by atoms with Crippen LogP contribution in [0.4, 0.5) is 0 Å². The molecule has 4 nitrogen and oxygen atoms in total. The Morgan fingerprint density at radius 1 is 0.773 bits per heavy atom. The van der Waals surface area contributed by atoms with E-state index in [9.17, 15) is 9.59 Å². The summed E-state index contributed by atoms with van der Waals surface area (Å²) >= 11 is 0. The summed E-state index contributed by atoms with van der Waals surface area (Å²) in [7, 11) is 0. The fraction of sp³-hybridized carbons (Fsp3) is 0.889. The van der Waals surface area contributed by atoms with E-state index >= 15 is 0 Å². The first-order valence-corrected chi connectivity index (χ1v) is 9.02. The third-order valence-electron chi connectivity index (χ3n) is 5.19. The molecular formula is C18H30O4. The van der Waals surface area contributed by atoms with Gasteiger partial charge in [-0.3, -0.25) is 9.59 Å². The van der Waals surface area contributed by atoms with Gasteiger partial charge in [0, 0.05) is 0 Å². The predicted octanol–water partition coefficient (Wildman–Crippen LogP) is 3.73. The molecule has 0 aromatic carbocycles. The number of ether oxygens (including phenoxy) is 2. The minimum atomic E-state index is -0.0445. The molecule has 2 aliphatic carbocycles. The molecule has 4 unspecified atom stereocenters. The topological polar surface area (TPSA) is 52.6 Å². The Kier molecular flexibility index (Phi) is 6.71. The van der Waals surface area contributed by atoms with Crippen LogP contribution in [-0.2, 0) is 19.1 Å². The van der Waals surface area contributed by atoms with Gasteiger partial charge in [0.05, 0.1) is 25.0 Å². The lowest BCUT2D eigenvalue weighted by Crippen LogP contribution is -2.32. The van der Waals surface area contributed by atoms with E-state index in [1.165, 1.54) is 0 Å². The largest absolute Gasteiger partial charge is 0.465 e. The van der Waals surface area contributed by atoms with E-state index in [0.29, 0.717) is 25.0 Å². The van der Waals surface area contributed by atoms with Crippen LogP contribution in [0.2, 0.25) is 0 Å². The van der Waals surface area contributed by atoms with Gasteiger partial charge in [0.25, 0.3) is 0 Å². The first-order chi connectivity index (χ1) is 10.7.